The molecule has 3 aromatic rings. The second kappa shape index (κ2) is 8.28. The Bertz CT molecular complexity index is 1040. The Hall–Kier alpha value is -2.45. The molecule has 2 amide bonds. The number of fused-ring (bicyclic) bond motifs is 1. The van der Waals surface area contributed by atoms with E-state index in [1.54, 1.807) is 35.6 Å². The summed E-state index contributed by atoms with van der Waals surface area (Å²) in [6.07, 6.45) is 0. The molecule has 0 radical (unpaired) electrons. The van der Waals surface area contributed by atoms with E-state index in [0.717, 1.165) is 15.2 Å². The number of amides is 2. The van der Waals surface area contributed by atoms with Gasteiger partial charge in [-0.25, -0.2) is 9.97 Å². The van der Waals surface area contributed by atoms with Gasteiger partial charge in [0.15, 0.2) is 0 Å². The summed E-state index contributed by atoms with van der Waals surface area (Å²) < 4.78 is 0. The van der Waals surface area contributed by atoms with Crippen molar-refractivity contribution in [2.24, 2.45) is 0 Å². The van der Waals surface area contributed by atoms with Gasteiger partial charge in [0.1, 0.15) is 15.7 Å². The molecule has 28 heavy (non-hydrogen) atoms. The van der Waals surface area contributed by atoms with Crippen LogP contribution in [0.4, 0.5) is 11.4 Å². The highest BCUT2D eigenvalue weighted by molar-refractivity contribution is 8.00. The Morgan fingerprint density at radius 1 is 1.04 bits per heavy atom. The van der Waals surface area contributed by atoms with Gasteiger partial charge in [0, 0.05) is 28.6 Å². The third-order valence-electron chi connectivity index (χ3n) is 4.24. The summed E-state index contributed by atoms with van der Waals surface area (Å²) in [6.45, 7) is 9.33. The van der Waals surface area contributed by atoms with Crippen molar-refractivity contribution in [3.63, 3.8) is 0 Å². The van der Waals surface area contributed by atoms with Crippen LogP contribution in [0.5, 0.6) is 0 Å². The average Bonchev–Trinajstić information content (AvgIpc) is 2.90. The number of aromatic nitrogens is 2. The highest BCUT2D eigenvalue weighted by Gasteiger charge is 2.20. The maximum Gasteiger partial charge on any atom is 0.237 e. The molecule has 3 rings (SSSR count). The summed E-state index contributed by atoms with van der Waals surface area (Å²) in [5, 5.41) is 7.17. The van der Waals surface area contributed by atoms with E-state index < -0.39 is 0 Å². The number of rotatable bonds is 5. The number of aryl methyl sites for hydroxylation is 3. The zero-order valence-electron chi connectivity index (χ0n) is 16.4. The molecule has 0 aliphatic carbocycles. The third kappa shape index (κ3) is 4.51. The lowest BCUT2D eigenvalue weighted by molar-refractivity contribution is -0.115. The first-order chi connectivity index (χ1) is 13.2. The molecule has 0 saturated carbocycles. The summed E-state index contributed by atoms with van der Waals surface area (Å²) >= 11 is 3.10. The second-order valence-corrected chi connectivity index (χ2v) is 9.08. The van der Waals surface area contributed by atoms with Gasteiger partial charge in [-0.2, -0.15) is 0 Å². The first-order valence-electron chi connectivity index (χ1n) is 8.84. The maximum absolute atomic E-state index is 12.6. The van der Waals surface area contributed by atoms with Crippen LogP contribution in [0.3, 0.4) is 0 Å². The zero-order valence-corrected chi connectivity index (χ0v) is 18.0. The van der Waals surface area contributed by atoms with Crippen molar-refractivity contribution in [1.29, 1.82) is 0 Å². The van der Waals surface area contributed by atoms with Crippen molar-refractivity contribution < 1.29 is 9.59 Å². The van der Waals surface area contributed by atoms with Gasteiger partial charge in [-0.3, -0.25) is 9.59 Å². The summed E-state index contributed by atoms with van der Waals surface area (Å²) in [7, 11) is 0. The average molecular weight is 415 g/mol. The predicted molar refractivity (Wildman–Crippen MR) is 116 cm³/mol. The number of nitrogens with one attached hydrogen (secondary N) is 2. The second-order valence-electron chi connectivity index (χ2n) is 6.55. The van der Waals surface area contributed by atoms with Gasteiger partial charge in [0.2, 0.25) is 11.8 Å². The number of hydrogen-bond donors (Lipinski definition) is 2. The number of carbonyl (C=O) groups excluding carboxylic acids is 2. The zero-order chi connectivity index (χ0) is 20.4. The normalized spacial score (nSPS) is 12.0. The summed E-state index contributed by atoms with van der Waals surface area (Å²) in [6, 6.07) is 7.03. The summed E-state index contributed by atoms with van der Waals surface area (Å²) in [5.74, 6) is 0.468. The Labute approximate surface area is 172 Å². The van der Waals surface area contributed by atoms with E-state index in [1.165, 1.54) is 29.1 Å². The number of thiophene rings is 1. The molecule has 2 heterocycles. The molecule has 0 aliphatic heterocycles. The molecule has 0 bridgehead atoms. The van der Waals surface area contributed by atoms with Crippen LogP contribution >= 0.6 is 23.1 Å². The topological polar surface area (TPSA) is 84.0 Å². The first kappa shape index (κ1) is 20.3. The molecule has 0 aliphatic rings. The Kier molecular flexibility index (Phi) is 6.00. The maximum atomic E-state index is 12.6. The molecule has 1 unspecified atom stereocenters. The van der Waals surface area contributed by atoms with Crippen molar-refractivity contribution in [1.82, 2.24) is 9.97 Å². The van der Waals surface area contributed by atoms with E-state index in [-0.39, 0.29) is 17.1 Å². The Balaban J connectivity index is 1.74. The summed E-state index contributed by atoms with van der Waals surface area (Å²) in [4.78, 5) is 35.0. The van der Waals surface area contributed by atoms with Crippen molar-refractivity contribution >= 4 is 56.5 Å². The van der Waals surface area contributed by atoms with E-state index in [2.05, 4.69) is 34.4 Å². The lowest BCUT2D eigenvalue weighted by atomic mass is 10.2. The quantitative estimate of drug-likeness (QED) is 0.467. The van der Waals surface area contributed by atoms with E-state index in [0.29, 0.717) is 17.2 Å². The van der Waals surface area contributed by atoms with Crippen molar-refractivity contribution in [3.05, 3.63) is 40.5 Å². The fraction of sp³-hybridized carbons (Fsp3) is 0.300. The molecular weight excluding hydrogens is 392 g/mol. The fourth-order valence-corrected chi connectivity index (χ4v) is 4.90. The van der Waals surface area contributed by atoms with Gasteiger partial charge >= 0.3 is 0 Å². The number of benzene rings is 1. The van der Waals surface area contributed by atoms with Crippen LogP contribution < -0.4 is 10.6 Å². The lowest BCUT2D eigenvalue weighted by Crippen LogP contribution is -2.22. The molecule has 0 fully saturated rings. The largest absolute Gasteiger partial charge is 0.326 e. The monoisotopic (exact) mass is 414 g/mol. The van der Waals surface area contributed by atoms with Crippen LogP contribution in [0.15, 0.2) is 29.3 Å². The number of carbonyl (C=O) groups is 2. The number of anilines is 2. The van der Waals surface area contributed by atoms with E-state index >= 15 is 0 Å². The molecule has 0 saturated heterocycles. The number of nitrogens with zero attached hydrogens (tertiary/aromatic N) is 2. The minimum Gasteiger partial charge on any atom is -0.326 e. The fourth-order valence-electron chi connectivity index (χ4n) is 2.70. The molecule has 6 nitrogen and oxygen atoms in total. The SMILES string of the molecule is CC(=O)Nc1ccc(NC(=O)C(C)Sc2nc(C)nc3sc(C)c(C)c23)cc1. The van der Waals surface area contributed by atoms with Crippen LogP contribution in [0.25, 0.3) is 10.2 Å². The van der Waals surface area contributed by atoms with Crippen LogP contribution in [-0.4, -0.2) is 27.0 Å². The van der Waals surface area contributed by atoms with Gasteiger partial charge in [-0.05, 0) is 57.5 Å². The van der Waals surface area contributed by atoms with Gasteiger partial charge in [0.25, 0.3) is 0 Å². The van der Waals surface area contributed by atoms with E-state index in [4.69, 9.17) is 0 Å². The molecule has 0 spiro atoms. The summed E-state index contributed by atoms with van der Waals surface area (Å²) in [5.41, 5.74) is 2.54. The van der Waals surface area contributed by atoms with Crippen LogP contribution in [0.1, 0.15) is 30.1 Å². The molecule has 146 valence electrons. The molecule has 1 atom stereocenters. The van der Waals surface area contributed by atoms with Crippen LogP contribution in [-0.2, 0) is 9.59 Å². The van der Waals surface area contributed by atoms with E-state index in [1.807, 2.05) is 13.8 Å². The Morgan fingerprint density at radius 2 is 1.64 bits per heavy atom. The van der Waals surface area contributed by atoms with Crippen molar-refractivity contribution in [2.45, 2.75) is 44.9 Å². The van der Waals surface area contributed by atoms with Crippen molar-refractivity contribution in [3.8, 4) is 0 Å². The van der Waals surface area contributed by atoms with Crippen molar-refractivity contribution in [2.75, 3.05) is 10.6 Å². The van der Waals surface area contributed by atoms with Gasteiger partial charge in [0.05, 0.1) is 5.25 Å². The molecule has 1 aromatic carbocycles. The van der Waals surface area contributed by atoms with Gasteiger partial charge in [-0.1, -0.05) is 11.8 Å². The van der Waals surface area contributed by atoms with Crippen LogP contribution in [0, 0.1) is 20.8 Å². The van der Waals surface area contributed by atoms with Crippen LogP contribution in [0.2, 0.25) is 0 Å². The number of hydrogen-bond acceptors (Lipinski definition) is 6. The van der Waals surface area contributed by atoms with E-state index in [9.17, 15) is 9.59 Å². The first-order valence-corrected chi connectivity index (χ1v) is 10.5. The molecular formula is C20H22N4O2S2. The third-order valence-corrected chi connectivity index (χ3v) is 6.43. The smallest absolute Gasteiger partial charge is 0.237 e. The minimum atomic E-state index is -0.327. The molecule has 2 N–H and O–H groups in total. The molecule has 8 heteroatoms. The number of thioether (sulfide) groups is 1. The minimum absolute atomic E-state index is 0.105. The lowest BCUT2D eigenvalue weighted by Gasteiger charge is -2.13. The highest BCUT2D eigenvalue weighted by atomic mass is 32.2. The predicted octanol–water partition coefficient (Wildman–Crippen LogP) is 4.69. The standard InChI is InChI=1S/C20H22N4O2S2/c1-10-11(2)27-19-17(10)20(22-13(4)21-19)28-12(3)18(26)24-16-8-6-15(7-9-16)23-14(5)25/h6-9,12H,1-5H3,(H,23,25)(H,24,26). The van der Waals surface area contributed by atoms with Gasteiger partial charge in [-0.15, -0.1) is 11.3 Å². The molecule has 2 aromatic heterocycles. The van der Waals surface area contributed by atoms with Gasteiger partial charge < -0.3 is 10.6 Å². The Morgan fingerprint density at radius 3 is 2.25 bits per heavy atom. The highest BCUT2D eigenvalue weighted by Crippen LogP contribution is 2.36.